The van der Waals surface area contributed by atoms with E-state index < -0.39 is 0 Å². The predicted molar refractivity (Wildman–Crippen MR) is 75.1 cm³/mol. The summed E-state index contributed by atoms with van der Waals surface area (Å²) < 4.78 is 10.7. The number of hydrogen-bond acceptors (Lipinski definition) is 3. The molecule has 0 spiro atoms. The number of nitrogens with one attached hydrogen (secondary N) is 1. The summed E-state index contributed by atoms with van der Waals surface area (Å²) in [6.07, 6.45) is 1.06. The van der Waals surface area contributed by atoms with Gasteiger partial charge in [0.25, 0.3) is 0 Å². The lowest BCUT2D eigenvalue weighted by Crippen LogP contribution is -2.20. The van der Waals surface area contributed by atoms with Crippen LogP contribution >= 0.6 is 0 Å². The largest absolute Gasteiger partial charge is 0.494 e. The lowest BCUT2D eigenvalue weighted by atomic mass is 9.96. The lowest BCUT2D eigenvalue weighted by molar-refractivity contribution is 0.150. The molecule has 1 aromatic carbocycles. The second-order valence-electron chi connectivity index (χ2n) is 4.64. The number of methoxy groups -OCH3 is 1. The van der Waals surface area contributed by atoms with Gasteiger partial charge < -0.3 is 14.8 Å². The summed E-state index contributed by atoms with van der Waals surface area (Å²) in [7, 11) is 3.75. The zero-order valence-electron chi connectivity index (χ0n) is 11.9. The van der Waals surface area contributed by atoms with Crippen LogP contribution in [-0.4, -0.2) is 27.4 Å². The first-order valence-electron chi connectivity index (χ1n) is 6.60. The van der Waals surface area contributed by atoms with E-state index in [0.717, 1.165) is 18.8 Å². The Morgan fingerprint density at radius 2 is 2.11 bits per heavy atom. The van der Waals surface area contributed by atoms with Gasteiger partial charge in [0.1, 0.15) is 5.75 Å². The van der Waals surface area contributed by atoms with E-state index in [4.69, 9.17) is 9.47 Å². The molecule has 0 fully saturated rings. The maximum Gasteiger partial charge on any atom is 0.119 e. The molecule has 18 heavy (non-hydrogen) atoms. The third-order valence-corrected chi connectivity index (χ3v) is 3.01. The van der Waals surface area contributed by atoms with Crippen LogP contribution in [0.3, 0.4) is 0 Å². The Balaban J connectivity index is 2.71. The SMILES string of the molecule is CCOc1cccc(C(CC(C)COC)NC)c1. The molecule has 0 saturated carbocycles. The predicted octanol–water partition coefficient (Wildman–Crippen LogP) is 3.02. The van der Waals surface area contributed by atoms with Gasteiger partial charge in [-0.3, -0.25) is 0 Å². The van der Waals surface area contributed by atoms with Crippen molar-refractivity contribution in [2.24, 2.45) is 5.92 Å². The molecule has 2 unspecified atom stereocenters. The van der Waals surface area contributed by atoms with Gasteiger partial charge in [0, 0.05) is 19.8 Å². The molecule has 0 amide bonds. The fourth-order valence-corrected chi connectivity index (χ4v) is 2.16. The fourth-order valence-electron chi connectivity index (χ4n) is 2.16. The number of hydrogen-bond donors (Lipinski definition) is 1. The highest BCUT2D eigenvalue weighted by atomic mass is 16.5. The molecule has 2 atom stereocenters. The van der Waals surface area contributed by atoms with Gasteiger partial charge in [-0.05, 0) is 44.0 Å². The van der Waals surface area contributed by atoms with Crippen LogP contribution in [0, 0.1) is 5.92 Å². The zero-order valence-corrected chi connectivity index (χ0v) is 11.9. The minimum atomic E-state index is 0.343. The molecule has 0 aliphatic heterocycles. The van der Waals surface area contributed by atoms with E-state index in [1.807, 2.05) is 26.1 Å². The summed E-state index contributed by atoms with van der Waals surface area (Å²) >= 11 is 0. The second kappa shape index (κ2) is 8.11. The standard InChI is InChI=1S/C15H25NO2/c1-5-18-14-8-6-7-13(10-14)15(16-3)9-12(2)11-17-4/h6-8,10,12,15-16H,5,9,11H2,1-4H3. The van der Waals surface area contributed by atoms with Crippen LogP contribution in [0.4, 0.5) is 0 Å². The van der Waals surface area contributed by atoms with Gasteiger partial charge in [0.15, 0.2) is 0 Å². The molecule has 1 rings (SSSR count). The summed E-state index contributed by atoms with van der Waals surface area (Å²) in [5.41, 5.74) is 1.27. The summed E-state index contributed by atoms with van der Waals surface area (Å²) in [6.45, 7) is 5.71. The van der Waals surface area contributed by atoms with Gasteiger partial charge in [-0.25, -0.2) is 0 Å². The van der Waals surface area contributed by atoms with Crippen LogP contribution in [0.5, 0.6) is 5.75 Å². The molecule has 102 valence electrons. The number of ether oxygens (including phenoxy) is 2. The Labute approximate surface area is 110 Å². The number of benzene rings is 1. The smallest absolute Gasteiger partial charge is 0.119 e. The van der Waals surface area contributed by atoms with E-state index in [1.54, 1.807) is 7.11 Å². The van der Waals surface area contributed by atoms with Crippen molar-refractivity contribution < 1.29 is 9.47 Å². The van der Waals surface area contributed by atoms with Crippen molar-refractivity contribution in [1.82, 2.24) is 5.32 Å². The first-order chi connectivity index (χ1) is 8.71. The number of rotatable bonds is 8. The normalized spacial score (nSPS) is 14.2. The topological polar surface area (TPSA) is 30.5 Å². The molecule has 1 N–H and O–H groups in total. The van der Waals surface area contributed by atoms with Crippen LogP contribution in [-0.2, 0) is 4.74 Å². The highest BCUT2D eigenvalue weighted by molar-refractivity contribution is 5.30. The molecular weight excluding hydrogens is 226 g/mol. The molecule has 0 aliphatic rings. The first-order valence-corrected chi connectivity index (χ1v) is 6.60. The van der Waals surface area contributed by atoms with Crippen molar-refractivity contribution >= 4 is 0 Å². The van der Waals surface area contributed by atoms with Crippen LogP contribution in [0.2, 0.25) is 0 Å². The van der Waals surface area contributed by atoms with Gasteiger partial charge in [-0.1, -0.05) is 19.1 Å². The van der Waals surface area contributed by atoms with Crippen molar-refractivity contribution in [3.8, 4) is 5.75 Å². The van der Waals surface area contributed by atoms with Crippen molar-refractivity contribution in [2.45, 2.75) is 26.3 Å². The van der Waals surface area contributed by atoms with E-state index in [-0.39, 0.29) is 0 Å². The average Bonchev–Trinajstić information content (AvgIpc) is 2.37. The Morgan fingerprint density at radius 1 is 1.33 bits per heavy atom. The Kier molecular flexibility index (Phi) is 6.76. The maximum atomic E-state index is 5.54. The van der Waals surface area contributed by atoms with Crippen molar-refractivity contribution in [3.05, 3.63) is 29.8 Å². The highest BCUT2D eigenvalue weighted by Crippen LogP contribution is 2.24. The van der Waals surface area contributed by atoms with E-state index in [1.165, 1.54) is 5.56 Å². The van der Waals surface area contributed by atoms with Gasteiger partial charge in [-0.15, -0.1) is 0 Å². The zero-order chi connectivity index (χ0) is 13.4. The van der Waals surface area contributed by atoms with Crippen LogP contribution in [0.25, 0.3) is 0 Å². The maximum absolute atomic E-state index is 5.54. The third-order valence-electron chi connectivity index (χ3n) is 3.01. The van der Waals surface area contributed by atoms with E-state index >= 15 is 0 Å². The van der Waals surface area contributed by atoms with Gasteiger partial charge in [0.05, 0.1) is 6.61 Å². The molecule has 0 aliphatic carbocycles. The first kappa shape index (κ1) is 15.0. The monoisotopic (exact) mass is 251 g/mol. The molecule has 3 nitrogen and oxygen atoms in total. The molecule has 0 bridgehead atoms. The van der Waals surface area contributed by atoms with E-state index in [9.17, 15) is 0 Å². The molecule has 1 aromatic rings. The quantitative estimate of drug-likeness (QED) is 0.770. The minimum absolute atomic E-state index is 0.343. The Bertz CT molecular complexity index is 341. The van der Waals surface area contributed by atoms with Crippen molar-refractivity contribution in [3.63, 3.8) is 0 Å². The summed E-state index contributed by atoms with van der Waals surface area (Å²) in [5.74, 6) is 1.47. The molecule has 0 saturated heterocycles. The highest BCUT2D eigenvalue weighted by Gasteiger charge is 2.14. The lowest BCUT2D eigenvalue weighted by Gasteiger charge is -2.21. The summed E-state index contributed by atoms with van der Waals surface area (Å²) in [4.78, 5) is 0. The Morgan fingerprint density at radius 3 is 2.72 bits per heavy atom. The van der Waals surface area contributed by atoms with E-state index in [0.29, 0.717) is 18.6 Å². The minimum Gasteiger partial charge on any atom is -0.494 e. The summed E-state index contributed by atoms with van der Waals surface area (Å²) in [5, 5.41) is 3.37. The molecule has 0 radical (unpaired) electrons. The van der Waals surface area contributed by atoms with Crippen LogP contribution < -0.4 is 10.1 Å². The van der Waals surface area contributed by atoms with Gasteiger partial charge in [-0.2, -0.15) is 0 Å². The van der Waals surface area contributed by atoms with Crippen molar-refractivity contribution in [1.29, 1.82) is 0 Å². The fraction of sp³-hybridized carbons (Fsp3) is 0.600. The van der Waals surface area contributed by atoms with Crippen LogP contribution in [0.1, 0.15) is 31.9 Å². The van der Waals surface area contributed by atoms with Gasteiger partial charge >= 0.3 is 0 Å². The molecule has 0 aromatic heterocycles. The van der Waals surface area contributed by atoms with Crippen molar-refractivity contribution in [2.75, 3.05) is 27.4 Å². The van der Waals surface area contributed by atoms with E-state index in [2.05, 4.69) is 24.4 Å². The third kappa shape index (κ3) is 4.67. The molecule has 3 heteroatoms. The molecule has 0 heterocycles. The Hall–Kier alpha value is -1.06. The average molecular weight is 251 g/mol. The second-order valence-corrected chi connectivity index (χ2v) is 4.64. The van der Waals surface area contributed by atoms with Crippen LogP contribution in [0.15, 0.2) is 24.3 Å². The molecular formula is C15H25NO2. The van der Waals surface area contributed by atoms with Gasteiger partial charge in [0.2, 0.25) is 0 Å². The summed E-state index contributed by atoms with van der Waals surface area (Å²) in [6, 6.07) is 8.65.